The molecule has 1 aliphatic carbocycles. The van der Waals surface area contributed by atoms with Crippen molar-refractivity contribution in [3.05, 3.63) is 35.1 Å². The molecule has 4 rings (SSSR count). The second-order valence-electron chi connectivity index (χ2n) is 6.48. The predicted octanol–water partition coefficient (Wildman–Crippen LogP) is 2.12. The van der Waals surface area contributed by atoms with Gasteiger partial charge in [0.05, 0.1) is 0 Å². The third-order valence-electron chi connectivity index (χ3n) is 5.37. The molecule has 1 amide bonds. The lowest BCUT2D eigenvalue weighted by molar-refractivity contribution is 0.0777. The molecule has 2 aliphatic heterocycles. The van der Waals surface area contributed by atoms with E-state index in [9.17, 15) is 9.18 Å². The molecule has 1 N–H and O–H groups in total. The van der Waals surface area contributed by atoms with Crippen molar-refractivity contribution in [2.24, 2.45) is 0 Å². The van der Waals surface area contributed by atoms with Crippen LogP contribution >= 0.6 is 0 Å². The number of carboxylic acid groups (broad SMARTS) is 1. The Morgan fingerprint density at radius 2 is 2.05 bits per heavy atom. The fourth-order valence-electron chi connectivity index (χ4n) is 4.37. The van der Waals surface area contributed by atoms with Crippen LogP contribution in [0, 0.1) is 5.82 Å². The number of likely N-dealkylation sites (tertiary alicyclic amines) is 2. The van der Waals surface area contributed by atoms with Crippen molar-refractivity contribution in [1.82, 2.24) is 9.80 Å². The van der Waals surface area contributed by atoms with E-state index in [-0.39, 0.29) is 11.9 Å². The molecule has 21 heavy (non-hydrogen) atoms. The molecular weight excluding hydrogens is 271 g/mol. The van der Waals surface area contributed by atoms with E-state index < -0.39 is 6.09 Å². The van der Waals surface area contributed by atoms with Crippen molar-refractivity contribution in [3.63, 3.8) is 0 Å². The summed E-state index contributed by atoms with van der Waals surface area (Å²) in [6, 6.07) is 6.14. The Hall–Kier alpha value is -1.62. The molecule has 2 bridgehead atoms. The quantitative estimate of drug-likeness (QED) is 0.861. The molecule has 2 heterocycles. The Labute approximate surface area is 123 Å². The van der Waals surface area contributed by atoms with Crippen molar-refractivity contribution < 1.29 is 14.3 Å². The van der Waals surface area contributed by atoms with Gasteiger partial charge in [0.15, 0.2) is 0 Å². The molecule has 0 aromatic heterocycles. The second kappa shape index (κ2) is 4.70. The van der Waals surface area contributed by atoms with Gasteiger partial charge < -0.3 is 10.0 Å². The normalized spacial score (nSPS) is 31.5. The molecule has 1 aromatic rings. The van der Waals surface area contributed by atoms with Crippen LogP contribution in [-0.4, -0.2) is 52.2 Å². The number of nitrogens with zero attached hydrogens (tertiary/aromatic N) is 2. The Kier molecular flexibility index (Phi) is 2.92. The molecular formula is C16H19FN2O2. The number of halogens is 1. The first kappa shape index (κ1) is 13.1. The molecule has 4 nitrogen and oxygen atoms in total. The lowest BCUT2D eigenvalue weighted by atomic mass is 9.87. The zero-order valence-electron chi connectivity index (χ0n) is 11.8. The standard InChI is InChI=1S/C16H19FN2O2/c17-12-3-1-11-6-13(4-2-10(11)5-12)18-8-15-7-14(18)9-19(15)16(20)21/h1,3,5,13-15H,2,4,6-9H2,(H,20,21). The maximum absolute atomic E-state index is 13.3. The first-order chi connectivity index (χ1) is 10.1. The van der Waals surface area contributed by atoms with Crippen molar-refractivity contribution in [2.75, 3.05) is 13.1 Å². The van der Waals surface area contributed by atoms with Gasteiger partial charge in [-0.25, -0.2) is 9.18 Å². The van der Waals surface area contributed by atoms with E-state index >= 15 is 0 Å². The van der Waals surface area contributed by atoms with Gasteiger partial charge >= 0.3 is 6.09 Å². The molecule has 112 valence electrons. The summed E-state index contributed by atoms with van der Waals surface area (Å²) in [5, 5.41) is 9.16. The van der Waals surface area contributed by atoms with Gasteiger partial charge in [-0.15, -0.1) is 0 Å². The number of rotatable bonds is 1. The minimum absolute atomic E-state index is 0.149. The zero-order chi connectivity index (χ0) is 14.6. The molecule has 1 aromatic carbocycles. The Morgan fingerprint density at radius 3 is 2.76 bits per heavy atom. The van der Waals surface area contributed by atoms with Crippen LogP contribution in [0.1, 0.15) is 24.0 Å². The summed E-state index contributed by atoms with van der Waals surface area (Å²) in [5.41, 5.74) is 2.40. The second-order valence-corrected chi connectivity index (χ2v) is 6.48. The lowest BCUT2D eigenvalue weighted by Gasteiger charge is -2.40. The highest BCUT2D eigenvalue weighted by Crippen LogP contribution is 2.36. The number of carbonyl (C=O) groups is 1. The SMILES string of the molecule is O=C(O)N1CC2CC1CN2C1CCc2cc(F)ccc2C1. The fourth-order valence-corrected chi connectivity index (χ4v) is 4.37. The van der Waals surface area contributed by atoms with Crippen LogP contribution in [0.5, 0.6) is 0 Å². The minimum Gasteiger partial charge on any atom is -0.465 e. The van der Waals surface area contributed by atoms with Crippen LogP contribution in [0.4, 0.5) is 9.18 Å². The van der Waals surface area contributed by atoms with Crippen LogP contribution in [0.15, 0.2) is 18.2 Å². The van der Waals surface area contributed by atoms with Gasteiger partial charge in [-0.3, -0.25) is 4.90 Å². The largest absolute Gasteiger partial charge is 0.465 e. The number of piperazine rings is 1. The maximum Gasteiger partial charge on any atom is 0.407 e. The number of hydrogen-bond donors (Lipinski definition) is 1. The van der Waals surface area contributed by atoms with E-state index in [1.54, 1.807) is 17.0 Å². The minimum atomic E-state index is -0.786. The molecule has 3 atom stereocenters. The summed E-state index contributed by atoms with van der Waals surface area (Å²) in [6.07, 6.45) is 3.12. The molecule has 2 fully saturated rings. The van der Waals surface area contributed by atoms with Gasteiger partial charge in [0, 0.05) is 31.2 Å². The monoisotopic (exact) mass is 290 g/mol. The molecule has 0 spiro atoms. The van der Waals surface area contributed by atoms with E-state index in [0.29, 0.717) is 18.6 Å². The van der Waals surface area contributed by atoms with Gasteiger partial charge in [0.1, 0.15) is 5.82 Å². The van der Waals surface area contributed by atoms with Gasteiger partial charge in [-0.2, -0.15) is 0 Å². The summed E-state index contributed by atoms with van der Waals surface area (Å²) < 4.78 is 13.3. The Morgan fingerprint density at radius 1 is 1.19 bits per heavy atom. The topological polar surface area (TPSA) is 43.8 Å². The van der Waals surface area contributed by atoms with Crippen LogP contribution in [0.25, 0.3) is 0 Å². The third kappa shape index (κ3) is 2.11. The highest BCUT2D eigenvalue weighted by molar-refractivity contribution is 5.66. The number of benzene rings is 1. The third-order valence-corrected chi connectivity index (χ3v) is 5.37. The van der Waals surface area contributed by atoms with Gasteiger partial charge in [-0.05, 0) is 48.9 Å². The first-order valence-corrected chi connectivity index (χ1v) is 7.64. The summed E-state index contributed by atoms with van der Waals surface area (Å²) in [4.78, 5) is 15.2. The van der Waals surface area contributed by atoms with Gasteiger partial charge in [-0.1, -0.05) is 6.07 Å². The molecule has 5 heteroatoms. The highest BCUT2D eigenvalue weighted by Gasteiger charge is 2.47. The van der Waals surface area contributed by atoms with Crippen LogP contribution in [-0.2, 0) is 12.8 Å². The Balaban J connectivity index is 1.48. The average molecular weight is 290 g/mol. The number of hydrogen-bond acceptors (Lipinski definition) is 2. The predicted molar refractivity (Wildman–Crippen MR) is 75.8 cm³/mol. The summed E-state index contributed by atoms with van der Waals surface area (Å²) in [6.45, 7) is 1.50. The number of amides is 1. The molecule has 2 saturated heterocycles. The lowest BCUT2D eigenvalue weighted by Crippen LogP contribution is -2.52. The van der Waals surface area contributed by atoms with E-state index in [2.05, 4.69) is 4.90 Å². The van der Waals surface area contributed by atoms with Crippen LogP contribution in [0.2, 0.25) is 0 Å². The molecule has 3 unspecified atom stereocenters. The smallest absolute Gasteiger partial charge is 0.407 e. The highest BCUT2D eigenvalue weighted by atomic mass is 19.1. The van der Waals surface area contributed by atoms with E-state index in [0.717, 1.165) is 37.8 Å². The van der Waals surface area contributed by atoms with Crippen LogP contribution in [0.3, 0.4) is 0 Å². The van der Waals surface area contributed by atoms with Gasteiger partial charge in [0.25, 0.3) is 0 Å². The number of fused-ring (bicyclic) bond motifs is 3. The van der Waals surface area contributed by atoms with E-state index in [1.807, 2.05) is 6.07 Å². The first-order valence-electron chi connectivity index (χ1n) is 7.64. The van der Waals surface area contributed by atoms with Crippen molar-refractivity contribution >= 4 is 6.09 Å². The van der Waals surface area contributed by atoms with E-state index in [4.69, 9.17) is 5.11 Å². The van der Waals surface area contributed by atoms with Crippen molar-refractivity contribution in [1.29, 1.82) is 0 Å². The zero-order valence-corrected chi connectivity index (χ0v) is 11.8. The summed E-state index contributed by atoms with van der Waals surface area (Å²) in [5.74, 6) is -0.149. The number of aryl methyl sites for hydroxylation is 1. The van der Waals surface area contributed by atoms with Crippen molar-refractivity contribution in [2.45, 2.75) is 43.8 Å². The van der Waals surface area contributed by atoms with Crippen molar-refractivity contribution in [3.8, 4) is 0 Å². The van der Waals surface area contributed by atoms with Gasteiger partial charge in [0.2, 0.25) is 0 Å². The molecule has 0 radical (unpaired) electrons. The fraction of sp³-hybridized carbons (Fsp3) is 0.562. The summed E-state index contributed by atoms with van der Waals surface area (Å²) >= 11 is 0. The maximum atomic E-state index is 13.3. The van der Waals surface area contributed by atoms with Crippen LogP contribution < -0.4 is 0 Å². The average Bonchev–Trinajstić information content (AvgIpc) is 3.06. The summed E-state index contributed by atoms with van der Waals surface area (Å²) in [7, 11) is 0. The Bertz CT molecular complexity index is 592. The molecule has 3 aliphatic rings. The van der Waals surface area contributed by atoms with E-state index in [1.165, 1.54) is 5.56 Å². The molecule has 0 saturated carbocycles.